The third-order valence-electron chi connectivity index (χ3n) is 3.46. The van der Waals surface area contributed by atoms with Crippen LogP contribution in [-0.4, -0.2) is 24.5 Å². The van der Waals surface area contributed by atoms with Crippen molar-refractivity contribution in [3.63, 3.8) is 0 Å². The number of benzene rings is 2. The fourth-order valence-electron chi connectivity index (χ4n) is 2.03. The molecule has 0 heterocycles. The molecule has 0 radical (unpaired) electrons. The highest BCUT2D eigenvalue weighted by molar-refractivity contribution is 5.94. The molecule has 0 saturated carbocycles. The number of hydrogen-bond acceptors (Lipinski definition) is 6. The van der Waals surface area contributed by atoms with Gasteiger partial charge in [0.05, 0.1) is 6.42 Å². The smallest absolute Gasteiger partial charge is 0.344 e. The van der Waals surface area contributed by atoms with Gasteiger partial charge in [-0.05, 0) is 24.6 Å². The molecule has 0 N–H and O–H groups in total. The average molecular weight is 368 g/mol. The monoisotopic (exact) mass is 368 g/mol. The van der Waals surface area contributed by atoms with Gasteiger partial charge >= 0.3 is 17.9 Å². The maximum absolute atomic E-state index is 11.8. The molecule has 2 aromatic rings. The third kappa shape index (κ3) is 7.15. The Morgan fingerprint density at radius 1 is 0.889 bits per heavy atom. The highest BCUT2D eigenvalue weighted by Crippen LogP contribution is 2.13. The van der Waals surface area contributed by atoms with E-state index in [1.807, 2.05) is 25.1 Å². The summed E-state index contributed by atoms with van der Waals surface area (Å²) in [6.45, 7) is 4.93. The molecule has 0 aromatic heterocycles. The molecule has 6 heteroatoms. The molecule has 2 aromatic carbocycles. The van der Waals surface area contributed by atoms with Gasteiger partial charge in [-0.1, -0.05) is 54.6 Å². The van der Waals surface area contributed by atoms with E-state index in [1.165, 1.54) is 0 Å². The van der Waals surface area contributed by atoms with Crippen LogP contribution in [0.5, 0.6) is 5.75 Å². The van der Waals surface area contributed by atoms with Gasteiger partial charge < -0.3 is 14.2 Å². The largest absolute Gasteiger partial charge is 0.458 e. The van der Waals surface area contributed by atoms with Crippen LogP contribution >= 0.6 is 0 Å². The average Bonchev–Trinajstić information content (AvgIpc) is 2.67. The summed E-state index contributed by atoms with van der Waals surface area (Å²) >= 11 is 0. The van der Waals surface area contributed by atoms with Crippen molar-refractivity contribution >= 4 is 17.9 Å². The Kier molecular flexibility index (Phi) is 7.31. The number of aryl methyl sites for hydroxylation is 1. The Morgan fingerprint density at radius 3 is 2.22 bits per heavy atom. The van der Waals surface area contributed by atoms with Gasteiger partial charge in [-0.2, -0.15) is 0 Å². The summed E-state index contributed by atoms with van der Waals surface area (Å²) in [6.07, 6.45) is -0.341. The Labute approximate surface area is 157 Å². The first kappa shape index (κ1) is 19.9. The summed E-state index contributed by atoms with van der Waals surface area (Å²) in [4.78, 5) is 35.3. The van der Waals surface area contributed by atoms with Crippen molar-refractivity contribution < 1.29 is 28.6 Å². The number of esters is 3. The van der Waals surface area contributed by atoms with Crippen molar-refractivity contribution in [1.82, 2.24) is 0 Å². The van der Waals surface area contributed by atoms with E-state index in [-0.39, 0.29) is 18.6 Å². The molecule has 0 saturated heterocycles. The molecule has 2 rings (SSSR count). The molecule has 0 aliphatic carbocycles. The summed E-state index contributed by atoms with van der Waals surface area (Å²) in [7, 11) is 0. The van der Waals surface area contributed by atoms with Crippen LogP contribution in [0.1, 0.15) is 17.5 Å². The Hall–Kier alpha value is -3.41. The number of carbonyl (C=O) groups is 3. The number of carbonyl (C=O) groups excluding carboxylic acids is 3. The molecule has 0 aliphatic heterocycles. The fourth-order valence-corrected chi connectivity index (χ4v) is 2.03. The van der Waals surface area contributed by atoms with Crippen molar-refractivity contribution in [1.29, 1.82) is 0 Å². The van der Waals surface area contributed by atoms with E-state index >= 15 is 0 Å². The van der Waals surface area contributed by atoms with E-state index in [9.17, 15) is 14.4 Å². The van der Waals surface area contributed by atoms with Gasteiger partial charge in [0.1, 0.15) is 12.4 Å². The summed E-state index contributed by atoms with van der Waals surface area (Å²) in [6, 6.07) is 16.0. The second-order valence-electron chi connectivity index (χ2n) is 5.79. The van der Waals surface area contributed by atoms with Crippen LogP contribution in [0.25, 0.3) is 0 Å². The van der Waals surface area contributed by atoms with Crippen molar-refractivity contribution in [3.8, 4) is 5.75 Å². The SMILES string of the molecule is C=C(CC(=O)Oc1ccc(C)cc1)C(=O)OCC(=O)OCc1ccccc1. The lowest BCUT2D eigenvalue weighted by Gasteiger charge is -2.08. The van der Waals surface area contributed by atoms with Crippen LogP contribution in [0.15, 0.2) is 66.7 Å². The van der Waals surface area contributed by atoms with Crippen LogP contribution in [0, 0.1) is 6.92 Å². The maximum atomic E-state index is 11.8. The van der Waals surface area contributed by atoms with Crippen molar-refractivity contribution in [3.05, 3.63) is 77.9 Å². The topological polar surface area (TPSA) is 78.9 Å². The minimum absolute atomic E-state index is 0.0844. The zero-order chi connectivity index (χ0) is 19.6. The van der Waals surface area contributed by atoms with Gasteiger partial charge in [0.25, 0.3) is 0 Å². The second kappa shape index (κ2) is 9.91. The van der Waals surface area contributed by atoms with E-state index < -0.39 is 24.5 Å². The molecule has 0 spiro atoms. The van der Waals surface area contributed by atoms with E-state index in [0.29, 0.717) is 5.75 Å². The van der Waals surface area contributed by atoms with Crippen LogP contribution in [0.3, 0.4) is 0 Å². The summed E-state index contributed by atoms with van der Waals surface area (Å²) in [5.74, 6) is -1.82. The zero-order valence-corrected chi connectivity index (χ0v) is 15.0. The maximum Gasteiger partial charge on any atom is 0.344 e. The summed E-state index contributed by atoms with van der Waals surface area (Å²) in [5, 5.41) is 0. The minimum atomic E-state index is -0.854. The number of ether oxygens (including phenoxy) is 3. The molecule has 0 unspecified atom stereocenters. The zero-order valence-electron chi connectivity index (χ0n) is 15.0. The first-order valence-corrected chi connectivity index (χ1v) is 8.26. The Balaban J connectivity index is 1.69. The fraction of sp³-hybridized carbons (Fsp3) is 0.190. The molecule has 0 amide bonds. The normalized spacial score (nSPS) is 9.96. The van der Waals surface area contributed by atoms with Crippen molar-refractivity contribution in [2.24, 2.45) is 0 Å². The second-order valence-corrected chi connectivity index (χ2v) is 5.79. The van der Waals surface area contributed by atoms with Crippen molar-refractivity contribution in [2.45, 2.75) is 20.0 Å². The molecule has 6 nitrogen and oxygen atoms in total. The van der Waals surface area contributed by atoms with E-state index in [4.69, 9.17) is 14.2 Å². The van der Waals surface area contributed by atoms with Crippen LogP contribution in [-0.2, 0) is 30.5 Å². The Morgan fingerprint density at radius 2 is 1.56 bits per heavy atom. The molecule has 0 bridgehead atoms. The van der Waals surface area contributed by atoms with Gasteiger partial charge in [-0.3, -0.25) is 4.79 Å². The third-order valence-corrected chi connectivity index (χ3v) is 3.46. The first-order chi connectivity index (χ1) is 12.9. The summed E-state index contributed by atoms with van der Waals surface area (Å²) in [5.41, 5.74) is 1.74. The lowest BCUT2D eigenvalue weighted by Crippen LogP contribution is -2.19. The van der Waals surface area contributed by atoms with Crippen LogP contribution in [0.4, 0.5) is 0 Å². The quantitative estimate of drug-likeness (QED) is 0.405. The van der Waals surface area contributed by atoms with E-state index in [2.05, 4.69) is 6.58 Å². The van der Waals surface area contributed by atoms with Crippen LogP contribution in [0.2, 0.25) is 0 Å². The summed E-state index contributed by atoms with van der Waals surface area (Å²) < 4.78 is 14.9. The molecular formula is C21H20O6. The lowest BCUT2D eigenvalue weighted by molar-refractivity contribution is -0.157. The Bertz CT molecular complexity index is 808. The van der Waals surface area contributed by atoms with Gasteiger partial charge in [-0.15, -0.1) is 0 Å². The number of rotatable bonds is 8. The molecule has 0 atom stereocenters. The van der Waals surface area contributed by atoms with Gasteiger partial charge in [0.15, 0.2) is 6.61 Å². The predicted octanol–water partition coefficient (Wildman–Crippen LogP) is 3.13. The highest BCUT2D eigenvalue weighted by Gasteiger charge is 2.16. The predicted molar refractivity (Wildman–Crippen MR) is 97.8 cm³/mol. The molecular weight excluding hydrogens is 348 g/mol. The van der Waals surface area contributed by atoms with Crippen LogP contribution < -0.4 is 4.74 Å². The van der Waals surface area contributed by atoms with Gasteiger partial charge in [-0.25, -0.2) is 9.59 Å². The lowest BCUT2D eigenvalue weighted by atomic mass is 10.2. The molecule has 27 heavy (non-hydrogen) atoms. The standard InChI is InChI=1S/C21H20O6/c1-15-8-10-18(11-9-15)27-19(22)12-16(2)21(24)26-14-20(23)25-13-17-6-4-3-5-7-17/h3-11H,2,12-14H2,1H3. The molecule has 140 valence electrons. The minimum Gasteiger partial charge on any atom is -0.458 e. The van der Waals surface area contributed by atoms with Gasteiger partial charge in [0, 0.05) is 5.57 Å². The van der Waals surface area contributed by atoms with E-state index in [1.54, 1.807) is 36.4 Å². The van der Waals surface area contributed by atoms with E-state index in [0.717, 1.165) is 11.1 Å². The first-order valence-electron chi connectivity index (χ1n) is 8.26. The highest BCUT2D eigenvalue weighted by atomic mass is 16.6. The molecule has 0 fully saturated rings. The van der Waals surface area contributed by atoms with Gasteiger partial charge in [0.2, 0.25) is 0 Å². The number of hydrogen-bond donors (Lipinski definition) is 0. The molecule has 0 aliphatic rings. The van der Waals surface area contributed by atoms with Crippen molar-refractivity contribution in [2.75, 3.05) is 6.61 Å².